The molecule has 156 valence electrons. The number of nitro benzene ring substituents is 1. The number of carbonyl (C=O) groups excluding carboxylic acids is 2. The summed E-state index contributed by atoms with van der Waals surface area (Å²) in [7, 11) is 1.55. The number of hydrogen-bond donors (Lipinski definition) is 0. The van der Waals surface area contributed by atoms with E-state index in [0.29, 0.717) is 28.3 Å². The molecule has 2 atom stereocenters. The number of carbonyl (C=O) groups is 2. The molecule has 0 radical (unpaired) electrons. The first-order valence-corrected chi connectivity index (χ1v) is 9.45. The number of methoxy groups -OCH3 is 1. The van der Waals surface area contributed by atoms with E-state index in [4.69, 9.17) is 9.47 Å². The van der Waals surface area contributed by atoms with Crippen LogP contribution < -0.4 is 14.4 Å². The summed E-state index contributed by atoms with van der Waals surface area (Å²) in [6.07, 6.45) is -0.151. The number of amides is 1. The van der Waals surface area contributed by atoms with Crippen LogP contribution in [-0.2, 0) is 4.79 Å². The summed E-state index contributed by atoms with van der Waals surface area (Å²) in [4.78, 5) is 36.2. The van der Waals surface area contributed by atoms with E-state index in [1.807, 2.05) is 0 Å². The van der Waals surface area contributed by atoms with Crippen LogP contribution in [0, 0.1) is 10.1 Å². The number of hydrogen-bond acceptors (Lipinski definition) is 6. The lowest BCUT2D eigenvalue weighted by molar-refractivity contribution is -0.384. The smallest absolute Gasteiger partial charge is 0.271 e. The minimum absolute atomic E-state index is 0.0689. The highest BCUT2D eigenvalue weighted by Crippen LogP contribution is 2.42. The topological polar surface area (TPSA) is 99.0 Å². The molecule has 1 heterocycles. The van der Waals surface area contributed by atoms with Crippen LogP contribution in [0.15, 0.2) is 72.8 Å². The van der Waals surface area contributed by atoms with E-state index in [9.17, 15) is 19.7 Å². The third kappa shape index (κ3) is 3.83. The molecule has 3 aromatic carbocycles. The third-order valence-electron chi connectivity index (χ3n) is 5.10. The first-order valence-electron chi connectivity index (χ1n) is 9.45. The molecule has 8 nitrogen and oxygen atoms in total. The van der Waals surface area contributed by atoms with Crippen molar-refractivity contribution in [1.82, 2.24) is 0 Å². The predicted molar refractivity (Wildman–Crippen MR) is 113 cm³/mol. The Hall–Kier alpha value is -4.20. The molecular weight excluding hydrogens is 400 g/mol. The highest BCUT2D eigenvalue weighted by atomic mass is 16.6. The molecule has 3 aromatic rings. The molecule has 31 heavy (non-hydrogen) atoms. The van der Waals surface area contributed by atoms with Crippen LogP contribution >= 0.6 is 0 Å². The van der Waals surface area contributed by atoms with Gasteiger partial charge < -0.3 is 9.47 Å². The van der Waals surface area contributed by atoms with Crippen molar-refractivity contribution in [3.8, 4) is 11.5 Å². The number of nitrogens with zero attached hydrogens (tertiary/aromatic N) is 2. The molecule has 1 fully saturated rings. The van der Waals surface area contributed by atoms with Crippen LogP contribution in [0.1, 0.15) is 22.0 Å². The Balaban J connectivity index is 1.69. The maximum absolute atomic E-state index is 13.0. The van der Waals surface area contributed by atoms with E-state index in [-0.39, 0.29) is 11.6 Å². The van der Waals surface area contributed by atoms with Gasteiger partial charge in [-0.15, -0.1) is 0 Å². The standard InChI is InChI=1S/C23H18N2O6/c1-30-19-11-7-17(8-12-19)24-21(16-3-2-4-18(13-16)25(28)29)22(23(24)27)31-20-9-5-15(14-26)6-10-20/h2-14,21-22H,1H3/t21-,22+/m0/s1. The second-order valence-electron chi connectivity index (χ2n) is 6.93. The zero-order valence-corrected chi connectivity index (χ0v) is 16.5. The van der Waals surface area contributed by atoms with Crippen molar-refractivity contribution in [2.45, 2.75) is 12.1 Å². The monoisotopic (exact) mass is 418 g/mol. The van der Waals surface area contributed by atoms with E-state index >= 15 is 0 Å². The third-order valence-corrected chi connectivity index (χ3v) is 5.10. The van der Waals surface area contributed by atoms with Crippen molar-refractivity contribution >= 4 is 23.6 Å². The van der Waals surface area contributed by atoms with E-state index in [1.165, 1.54) is 12.1 Å². The maximum Gasteiger partial charge on any atom is 0.271 e. The van der Waals surface area contributed by atoms with Gasteiger partial charge in [-0.2, -0.15) is 0 Å². The van der Waals surface area contributed by atoms with Crippen LogP contribution in [0.25, 0.3) is 0 Å². The number of nitro groups is 1. The lowest BCUT2D eigenvalue weighted by Gasteiger charge is -2.46. The SMILES string of the molecule is COc1ccc(N2C(=O)[C@H](Oc3ccc(C=O)cc3)[C@@H]2c2cccc([N+](=O)[O-])c2)cc1. The van der Waals surface area contributed by atoms with Gasteiger partial charge in [0, 0.05) is 23.4 Å². The van der Waals surface area contributed by atoms with E-state index < -0.39 is 17.1 Å². The fourth-order valence-electron chi connectivity index (χ4n) is 3.53. The number of rotatable bonds is 7. The van der Waals surface area contributed by atoms with Gasteiger partial charge in [0.15, 0.2) is 0 Å². The van der Waals surface area contributed by atoms with Crippen LogP contribution in [0.4, 0.5) is 11.4 Å². The summed E-state index contributed by atoms with van der Waals surface area (Å²) in [5.74, 6) is 0.793. The van der Waals surface area contributed by atoms with Crippen molar-refractivity contribution in [3.05, 3.63) is 94.0 Å². The first kappa shape index (κ1) is 20.1. The van der Waals surface area contributed by atoms with E-state index in [2.05, 4.69) is 0 Å². The first-order chi connectivity index (χ1) is 15.0. The quantitative estimate of drug-likeness (QED) is 0.249. The van der Waals surface area contributed by atoms with Gasteiger partial charge in [0.1, 0.15) is 23.8 Å². The van der Waals surface area contributed by atoms with E-state index in [0.717, 1.165) is 6.29 Å². The summed E-state index contributed by atoms with van der Waals surface area (Å²) in [6.45, 7) is 0. The molecular formula is C23H18N2O6. The molecule has 0 bridgehead atoms. The predicted octanol–water partition coefficient (Wildman–Crippen LogP) is 3.95. The van der Waals surface area contributed by atoms with Crippen molar-refractivity contribution in [2.24, 2.45) is 0 Å². The van der Waals surface area contributed by atoms with Gasteiger partial charge in [0.05, 0.1) is 12.0 Å². The van der Waals surface area contributed by atoms with Gasteiger partial charge in [-0.05, 0) is 54.1 Å². The lowest BCUT2D eigenvalue weighted by atomic mass is 9.89. The van der Waals surface area contributed by atoms with Gasteiger partial charge in [-0.25, -0.2) is 0 Å². The summed E-state index contributed by atoms with van der Waals surface area (Å²) in [5.41, 5.74) is 1.63. The Kier molecular flexibility index (Phi) is 5.36. The Morgan fingerprint density at radius 3 is 2.29 bits per heavy atom. The fourth-order valence-corrected chi connectivity index (χ4v) is 3.53. The summed E-state index contributed by atoms with van der Waals surface area (Å²) in [5, 5.41) is 11.3. The average molecular weight is 418 g/mol. The number of aldehydes is 1. The van der Waals surface area contributed by atoms with Crippen LogP contribution in [-0.4, -0.2) is 30.3 Å². The van der Waals surface area contributed by atoms with Gasteiger partial charge in [0.2, 0.25) is 6.10 Å². The number of ether oxygens (including phenoxy) is 2. The van der Waals surface area contributed by atoms with Crippen molar-refractivity contribution in [3.63, 3.8) is 0 Å². The Morgan fingerprint density at radius 1 is 1.00 bits per heavy atom. The molecule has 8 heteroatoms. The van der Waals surface area contributed by atoms with Crippen LogP contribution in [0.3, 0.4) is 0 Å². The van der Waals surface area contributed by atoms with Gasteiger partial charge in [-0.1, -0.05) is 12.1 Å². The van der Waals surface area contributed by atoms with Crippen LogP contribution in [0.2, 0.25) is 0 Å². The average Bonchev–Trinajstić information content (AvgIpc) is 2.81. The van der Waals surface area contributed by atoms with Crippen LogP contribution in [0.5, 0.6) is 11.5 Å². The molecule has 0 saturated carbocycles. The van der Waals surface area contributed by atoms with Crippen molar-refractivity contribution in [2.75, 3.05) is 12.0 Å². The zero-order valence-electron chi connectivity index (χ0n) is 16.5. The minimum Gasteiger partial charge on any atom is -0.497 e. The molecule has 1 saturated heterocycles. The van der Waals surface area contributed by atoms with Gasteiger partial charge in [0.25, 0.3) is 11.6 Å². The highest BCUT2D eigenvalue weighted by molar-refractivity contribution is 6.05. The summed E-state index contributed by atoms with van der Waals surface area (Å²) < 4.78 is 11.1. The molecule has 0 N–H and O–H groups in total. The Bertz CT molecular complexity index is 1130. The molecule has 0 spiro atoms. The number of anilines is 1. The molecule has 0 aromatic heterocycles. The van der Waals surface area contributed by atoms with Gasteiger partial charge >= 0.3 is 0 Å². The number of benzene rings is 3. The molecule has 0 aliphatic carbocycles. The lowest BCUT2D eigenvalue weighted by Crippen LogP contribution is -2.61. The molecule has 1 aliphatic rings. The minimum atomic E-state index is -0.869. The molecule has 1 aliphatic heterocycles. The maximum atomic E-state index is 13.0. The fraction of sp³-hybridized carbons (Fsp3) is 0.130. The highest BCUT2D eigenvalue weighted by Gasteiger charge is 2.51. The molecule has 1 amide bonds. The largest absolute Gasteiger partial charge is 0.497 e. The van der Waals surface area contributed by atoms with Gasteiger partial charge in [-0.3, -0.25) is 24.6 Å². The summed E-state index contributed by atoms with van der Waals surface area (Å²) >= 11 is 0. The Morgan fingerprint density at radius 2 is 1.68 bits per heavy atom. The normalized spacial score (nSPS) is 17.6. The van der Waals surface area contributed by atoms with Crippen molar-refractivity contribution < 1.29 is 24.0 Å². The van der Waals surface area contributed by atoms with Crippen molar-refractivity contribution in [1.29, 1.82) is 0 Å². The Labute approximate surface area is 177 Å². The van der Waals surface area contributed by atoms with E-state index in [1.54, 1.807) is 72.7 Å². The second-order valence-corrected chi connectivity index (χ2v) is 6.93. The molecule has 4 rings (SSSR count). The summed E-state index contributed by atoms with van der Waals surface area (Å²) in [6, 6.07) is 19.0. The number of β-lactam (4-membered cyclic amide) rings is 1. The number of non-ortho nitro benzene ring substituents is 1. The zero-order chi connectivity index (χ0) is 22.0. The molecule has 0 unspecified atom stereocenters. The second kappa shape index (κ2) is 8.27.